The van der Waals surface area contributed by atoms with Crippen LogP contribution in [0.1, 0.15) is 56.9 Å². The van der Waals surface area contributed by atoms with E-state index < -0.39 is 17.6 Å². The lowest BCUT2D eigenvalue weighted by Crippen LogP contribution is -2.56. The number of carbonyl (C=O) groups is 3. The molecule has 3 atom stereocenters. The molecule has 3 amide bonds. The quantitative estimate of drug-likeness (QED) is 0.207. The summed E-state index contributed by atoms with van der Waals surface area (Å²) in [5.74, 6) is -0.736. The Kier molecular flexibility index (Phi) is 13.2. The second kappa shape index (κ2) is 17.0. The molecule has 48 heavy (non-hydrogen) atoms. The number of nitrogens with zero attached hydrogens (tertiary/aromatic N) is 3. The zero-order chi connectivity index (χ0) is 34.8. The Balaban J connectivity index is 1.58. The summed E-state index contributed by atoms with van der Waals surface area (Å²) < 4.78 is 0. The van der Waals surface area contributed by atoms with Crippen LogP contribution in [-0.4, -0.2) is 90.3 Å². The molecule has 1 saturated heterocycles. The molecule has 2 aromatic carbocycles. The summed E-state index contributed by atoms with van der Waals surface area (Å²) in [7, 11) is 5.49. The van der Waals surface area contributed by atoms with Crippen LogP contribution in [0.5, 0.6) is 0 Å². The van der Waals surface area contributed by atoms with Crippen LogP contribution < -0.4 is 11.1 Å². The van der Waals surface area contributed by atoms with Crippen LogP contribution in [0.15, 0.2) is 83.8 Å². The van der Waals surface area contributed by atoms with Gasteiger partial charge in [-0.3, -0.25) is 14.4 Å². The van der Waals surface area contributed by atoms with Crippen molar-refractivity contribution in [2.24, 2.45) is 5.73 Å². The normalized spacial score (nSPS) is 16.7. The number of likely N-dealkylation sites (tertiary alicyclic amines) is 1. The van der Waals surface area contributed by atoms with Gasteiger partial charge in [-0.05, 0) is 88.2 Å². The Morgan fingerprint density at radius 3 is 2.27 bits per heavy atom. The van der Waals surface area contributed by atoms with Crippen molar-refractivity contribution >= 4 is 29.1 Å². The molecule has 4 rings (SSSR count). The van der Waals surface area contributed by atoms with Gasteiger partial charge in [0.2, 0.25) is 17.7 Å². The molecule has 258 valence electrons. The zero-order valence-corrected chi connectivity index (χ0v) is 30.3. The molecule has 9 heteroatoms. The molecule has 0 spiro atoms. The van der Waals surface area contributed by atoms with Gasteiger partial charge in [-0.25, -0.2) is 0 Å². The summed E-state index contributed by atoms with van der Waals surface area (Å²) in [6, 6.07) is 21.1. The molecule has 3 aromatic rings. The molecule has 1 aliphatic heterocycles. The monoisotopic (exact) mass is 671 g/mol. The van der Waals surface area contributed by atoms with E-state index in [9.17, 15) is 14.4 Å². The van der Waals surface area contributed by atoms with Gasteiger partial charge >= 0.3 is 0 Å². The average Bonchev–Trinajstić information content (AvgIpc) is 3.72. The first kappa shape index (κ1) is 37.0. The molecule has 8 nitrogen and oxygen atoms in total. The molecular weight excluding hydrogens is 619 g/mol. The van der Waals surface area contributed by atoms with Crippen molar-refractivity contribution in [1.82, 2.24) is 20.0 Å². The molecule has 1 fully saturated rings. The Hall–Kier alpha value is -3.79. The maximum absolute atomic E-state index is 14.5. The zero-order valence-electron chi connectivity index (χ0n) is 29.4. The summed E-state index contributed by atoms with van der Waals surface area (Å²) >= 11 is 1.57. The van der Waals surface area contributed by atoms with Gasteiger partial charge in [-0.15, -0.1) is 11.3 Å². The minimum absolute atomic E-state index is 0.180. The van der Waals surface area contributed by atoms with Crippen LogP contribution in [0.25, 0.3) is 11.1 Å². The molecule has 1 aromatic heterocycles. The maximum atomic E-state index is 14.5. The lowest BCUT2D eigenvalue weighted by atomic mass is 9.96. The van der Waals surface area contributed by atoms with Crippen molar-refractivity contribution in [2.75, 3.05) is 34.2 Å². The van der Waals surface area contributed by atoms with E-state index in [1.807, 2.05) is 80.7 Å². The van der Waals surface area contributed by atoms with Crippen LogP contribution in [0, 0.1) is 0 Å². The third-order valence-corrected chi connectivity index (χ3v) is 10.1. The van der Waals surface area contributed by atoms with Crippen molar-refractivity contribution in [3.63, 3.8) is 0 Å². The van der Waals surface area contributed by atoms with E-state index in [1.165, 1.54) is 11.3 Å². The maximum Gasteiger partial charge on any atom is 0.246 e. The van der Waals surface area contributed by atoms with Gasteiger partial charge in [0.1, 0.15) is 12.1 Å². The fourth-order valence-electron chi connectivity index (χ4n) is 6.55. The lowest BCUT2D eigenvalue weighted by Gasteiger charge is -2.34. The van der Waals surface area contributed by atoms with E-state index >= 15 is 0 Å². The standard InChI is InChI=1S/C39H53N5O3S/c1-28(27-39(2,3)40)24-36(45)43(5)35(25-29-16-18-31(19-17-29)30-12-8-7-9-13-30)38(47)44(6)34(26-33-15-11-23-48-33)37(46)41-21-20-32-14-10-22-42(32)4/h7-9,11-13,15-19,23-24,32,34-35H,10,14,20-22,25-27,40H2,1-6H3,(H,41,46)/t32?,34-,35-/m1/s1. The average molecular weight is 672 g/mol. The van der Waals surface area contributed by atoms with Crippen LogP contribution in [-0.2, 0) is 27.2 Å². The van der Waals surface area contributed by atoms with Crippen molar-refractivity contribution in [3.05, 3.63) is 94.2 Å². The van der Waals surface area contributed by atoms with Crippen molar-refractivity contribution in [3.8, 4) is 11.1 Å². The Morgan fingerprint density at radius 1 is 0.979 bits per heavy atom. The van der Waals surface area contributed by atoms with E-state index in [4.69, 9.17) is 5.73 Å². The Labute approximate surface area is 291 Å². The predicted molar refractivity (Wildman–Crippen MR) is 197 cm³/mol. The summed E-state index contributed by atoms with van der Waals surface area (Å²) in [6.07, 6.45) is 6.00. The van der Waals surface area contributed by atoms with Crippen molar-refractivity contribution in [1.29, 1.82) is 0 Å². The lowest BCUT2D eigenvalue weighted by molar-refractivity contribution is -0.146. The molecule has 2 heterocycles. The second-order valence-corrected chi connectivity index (χ2v) is 15.0. The van der Waals surface area contributed by atoms with E-state index in [0.29, 0.717) is 31.8 Å². The van der Waals surface area contributed by atoms with Crippen LogP contribution in [0.2, 0.25) is 0 Å². The first-order chi connectivity index (χ1) is 22.8. The molecule has 0 bridgehead atoms. The molecule has 0 saturated carbocycles. The molecule has 1 unspecified atom stereocenters. The van der Waals surface area contributed by atoms with Gasteiger partial charge < -0.3 is 25.8 Å². The van der Waals surface area contributed by atoms with E-state index in [2.05, 4.69) is 29.4 Å². The minimum Gasteiger partial charge on any atom is -0.354 e. The van der Waals surface area contributed by atoms with Crippen molar-refractivity contribution < 1.29 is 14.4 Å². The number of amides is 3. The van der Waals surface area contributed by atoms with E-state index in [1.54, 1.807) is 36.4 Å². The topological polar surface area (TPSA) is 99.0 Å². The van der Waals surface area contributed by atoms with Gasteiger partial charge in [0.25, 0.3) is 0 Å². The summed E-state index contributed by atoms with van der Waals surface area (Å²) in [5, 5.41) is 5.11. The highest BCUT2D eigenvalue weighted by Crippen LogP contribution is 2.23. The number of nitrogens with one attached hydrogen (secondary N) is 1. The highest BCUT2D eigenvalue weighted by molar-refractivity contribution is 7.09. The second-order valence-electron chi connectivity index (χ2n) is 14.0. The first-order valence-corrected chi connectivity index (χ1v) is 17.8. The van der Waals surface area contributed by atoms with Gasteiger partial charge in [0, 0.05) is 56.0 Å². The molecule has 0 radical (unpaired) electrons. The fourth-order valence-corrected chi connectivity index (χ4v) is 7.29. The minimum atomic E-state index is -0.828. The Bertz CT molecular complexity index is 1520. The van der Waals surface area contributed by atoms with Gasteiger partial charge in [0.05, 0.1) is 0 Å². The number of benzene rings is 2. The number of carbonyl (C=O) groups excluding carboxylic acids is 3. The third-order valence-electron chi connectivity index (χ3n) is 9.24. The van der Waals surface area contributed by atoms with E-state index in [-0.39, 0.29) is 17.7 Å². The number of hydrogen-bond donors (Lipinski definition) is 2. The van der Waals surface area contributed by atoms with E-state index in [0.717, 1.165) is 46.5 Å². The Morgan fingerprint density at radius 2 is 1.67 bits per heavy atom. The van der Waals surface area contributed by atoms with Crippen LogP contribution >= 0.6 is 11.3 Å². The number of nitrogens with two attached hydrogens (primary N) is 1. The van der Waals surface area contributed by atoms with Gasteiger partial charge in [-0.1, -0.05) is 66.2 Å². The SMILES string of the molecule is CC(=CC(=O)N(C)[C@H](Cc1ccc(-c2ccccc2)cc1)C(=O)N(C)[C@H](Cc1cccs1)C(=O)NCCC1CCCN1C)CC(C)(C)N. The van der Waals surface area contributed by atoms with Gasteiger partial charge in [-0.2, -0.15) is 0 Å². The summed E-state index contributed by atoms with van der Waals surface area (Å²) in [5.41, 5.74) is 9.69. The molecule has 1 aliphatic rings. The number of rotatable bonds is 15. The van der Waals surface area contributed by atoms with Crippen LogP contribution in [0.3, 0.4) is 0 Å². The van der Waals surface area contributed by atoms with Crippen molar-refractivity contribution in [2.45, 2.75) is 83.0 Å². The molecular formula is C39H53N5O3S. The van der Waals surface area contributed by atoms with Crippen LogP contribution in [0.4, 0.5) is 0 Å². The largest absolute Gasteiger partial charge is 0.354 e. The predicted octanol–water partition coefficient (Wildman–Crippen LogP) is 5.53. The summed E-state index contributed by atoms with van der Waals surface area (Å²) in [4.78, 5) is 48.4. The first-order valence-electron chi connectivity index (χ1n) is 17.0. The molecule has 0 aliphatic carbocycles. The molecule has 3 N–H and O–H groups in total. The van der Waals surface area contributed by atoms with Gasteiger partial charge in [0.15, 0.2) is 0 Å². The number of hydrogen-bond acceptors (Lipinski definition) is 6. The highest BCUT2D eigenvalue weighted by atomic mass is 32.1. The highest BCUT2D eigenvalue weighted by Gasteiger charge is 2.35. The number of thiophene rings is 1. The fraction of sp³-hybridized carbons (Fsp3) is 0.462. The third kappa shape index (κ3) is 10.6. The summed E-state index contributed by atoms with van der Waals surface area (Å²) in [6.45, 7) is 7.36. The smallest absolute Gasteiger partial charge is 0.246 e. The number of likely N-dealkylation sites (N-methyl/N-ethyl adjacent to an activating group) is 2.